The first-order chi connectivity index (χ1) is 11.4. The van der Waals surface area contributed by atoms with Gasteiger partial charge in [0.05, 0.1) is 0 Å². The molecule has 0 saturated carbocycles. The van der Waals surface area contributed by atoms with E-state index in [1.807, 2.05) is 13.8 Å². The second kappa shape index (κ2) is 6.07. The summed E-state index contributed by atoms with van der Waals surface area (Å²) in [6, 6.07) is 12.4. The van der Waals surface area contributed by atoms with Crippen molar-refractivity contribution in [3.05, 3.63) is 71.4 Å². The van der Waals surface area contributed by atoms with Crippen molar-refractivity contribution in [3.63, 3.8) is 0 Å². The maximum Gasteiger partial charge on any atom is 0.267 e. The number of benzene rings is 2. The third-order valence-corrected chi connectivity index (χ3v) is 4.12. The average molecular weight is 328 g/mol. The number of hydrogen-bond donors (Lipinski definition) is 2. The molecule has 0 aliphatic heterocycles. The molecule has 1 heterocycles. The van der Waals surface area contributed by atoms with Crippen LogP contribution in [0.4, 0.5) is 8.78 Å². The quantitative estimate of drug-likeness (QED) is 0.742. The highest BCUT2D eigenvalue weighted by Gasteiger charge is 2.25. The molecule has 124 valence electrons. The lowest BCUT2D eigenvalue weighted by atomic mass is 9.84. The van der Waals surface area contributed by atoms with Crippen LogP contribution in [-0.2, 0) is 5.41 Å². The molecule has 0 spiro atoms. The summed E-state index contributed by atoms with van der Waals surface area (Å²) in [6.45, 7) is 4.01. The lowest BCUT2D eigenvalue weighted by Gasteiger charge is -2.26. The summed E-state index contributed by atoms with van der Waals surface area (Å²) in [4.78, 5) is 15.3. The van der Waals surface area contributed by atoms with E-state index in [-0.39, 0.29) is 24.1 Å². The first-order valence-electron chi connectivity index (χ1n) is 7.68. The minimum absolute atomic E-state index is 0.274. The third-order valence-electron chi connectivity index (χ3n) is 4.12. The van der Waals surface area contributed by atoms with Crippen molar-refractivity contribution >= 4 is 16.8 Å². The molecule has 24 heavy (non-hydrogen) atoms. The fourth-order valence-corrected chi connectivity index (χ4v) is 2.73. The predicted molar refractivity (Wildman–Crippen MR) is 90.0 cm³/mol. The van der Waals surface area contributed by atoms with Crippen LogP contribution in [0, 0.1) is 11.6 Å². The second-order valence-electron chi connectivity index (χ2n) is 6.46. The van der Waals surface area contributed by atoms with E-state index in [1.165, 1.54) is 18.2 Å². The van der Waals surface area contributed by atoms with E-state index in [4.69, 9.17) is 0 Å². The van der Waals surface area contributed by atoms with Crippen LogP contribution in [0.5, 0.6) is 0 Å². The van der Waals surface area contributed by atoms with Crippen molar-refractivity contribution in [1.82, 2.24) is 10.3 Å². The van der Waals surface area contributed by atoms with Crippen LogP contribution in [0.1, 0.15) is 29.9 Å². The molecule has 0 radical (unpaired) electrons. The van der Waals surface area contributed by atoms with Gasteiger partial charge < -0.3 is 10.3 Å². The van der Waals surface area contributed by atoms with Crippen LogP contribution in [0.25, 0.3) is 10.9 Å². The molecule has 0 saturated heterocycles. The highest BCUT2D eigenvalue weighted by Crippen LogP contribution is 2.25. The zero-order valence-corrected chi connectivity index (χ0v) is 13.5. The fourth-order valence-electron chi connectivity index (χ4n) is 2.73. The SMILES string of the molecule is CC(C)(CNC(=O)c1cc2cc(F)ccc2[nH]1)c1ccccc1F. The number of fused-ring (bicyclic) bond motifs is 1. The Labute approximate surface area is 138 Å². The molecule has 3 aromatic rings. The van der Waals surface area contributed by atoms with Crippen molar-refractivity contribution in [2.75, 3.05) is 6.54 Å². The number of nitrogens with one attached hydrogen (secondary N) is 2. The molecule has 3 nitrogen and oxygen atoms in total. The van der Waals surface area contributed by atoms with E-state index in [9.17, 15) is 13.6 Å². The third kappa shape index (κ3) is 3.15. The molecule has 0 fully saturated rings. The van der Waals surface area contributed by atoms with Gasteiger partial charge in [-0.1, -0.05) is 32.0 Å². The second-order valence-corrected chi connectivity index (χ2v) is 6.46. The van der Waals surface area contributed by atoms with E-state index < -0.39 is 5.41 Å². The van der Waals surface area contributed by atoms with E-state index in [1.54, 1.807) is 30.3 Å². The van der Waals surface area contributed by atoms with Gasteiger partial charge in [-0.05, 0) is 35.9 Å². The maximum atomic E-state index is 14.0. The predicted octanol–water partition coefficient (Wildman–Crippen LogP) is 4.15. The minimum Gasteiger partial charge on any atom is -0.351 e. The number of H-pyrrole nitrogens is 1. The van der Waals surface area contributed by atoms with Gasteiger partial charge in [0.25, 0.3) is 5.91 Å². The lowest BCUT2D eigenvalue weighted by Crippen LogP contribution is -2.37. The first kappa shape index (κ1) is 16.2. The minimum atomic E-state index is -0.556. The van der Waals surface area contributed by atoms with Crippen LogP contribution >= 0.6 is 0 Å². The van der Waals surface area contributed by atoms with Crippen molar-refractivity contribution < 1.29 is 13.6 Å². The monoisotopic (exact) mass is 328 g/mol. The van der Waals surface area contributed by atoms with Crippen LogP contribution in [0.3, 0.4) is 0 Å². The first-order valence-corrected chi connectivity index (χ1v) is 7.68. The van der Waals surface area contributed by atoms with Crippen LogP contribution in [0.15, 0.2) is 48.5 Å². The highest BCUT2D eigenvalue weighted by molar-refractivity contribution is 5.98. The summed E-state index contributed by atoms with van der Waals surface area (Å²) < 4.78 is 27.2. The Morgan fingerprint density at radius 2 is 1.88 bits per heavy atom. The Morgan fingerprint density at radius 1 is 1.12 bits per heavy atom. The number of aromatic amines is 1. The summed E-state index contributed by atoms with van der Waals surface area (Å²) in [5, 5.41) is 3.44. The molecular formula is C19H18F2N2O. The molecular weight excluding hydrogens is 310 g/mol. The van der Waals surface area contributed by atoms with E-state index in [2.05, 4.69) is 10.3 Å². The Morgan fingerprint density at radius 3 is 2.62 bits per heavy atom. The molecule has 1 amide bonds. The van der Waals surface area contributed by atoms with E-state index in [0.29, 0.717) is 22.2 Å². The maximum absolute atomic E-state index is 14.0. The number of hydrogen-bond acceptors (Lipinski definition) is 1. The normalized spacial score (nSPS) is 11.7. The summed E-state index contributed by atoms with van der Waals surface area (Å²) in [5.41, 5.74) is 1.03. The topological polar surface area (TPSA) is 44.9 Å². The van der Waals surface area contributed by atoms with Gasteiger partial charge in [-0.15, -0.1) is 0 Å². The van der Waals surface area contributed by atoms with Crippen molar-refractivity contribution in [3.8, 4) is 0 Å². The number of halogens is 2. The van der Waals surface area contributed by atoms with Gasteiger partial charge in [0, 0.05) is 22.9 Å². The molecule has 0 aliphatic rings. The van der Waals surface area contributed by atoms with Gasteiger partial charge in [0.1, 0.15) is 17.3 Å². The van der Waals surface area contributed by atoms with Crippen molar-refractivity contribution in [1.29, 1.82) is 0 Å². The summed E-state index contributed by atoms with van der Waals surface area (Å²) in [6.07, 6.45) is 0. The van der Waals surface area contributed by atoms with E-state index >= 15 is 0 Å². The Bertz CT molecular complexity index is 899. The summed E-state index contributed by atoms with van der Waals surface area (Å²) in [5.74, 6) is -0.956. The van der Waals surface area contributed by atoms with Crippen LogP contribution in [-0.4, -0.2) is 17.4 Å². The number of aromatic nitrogens is 1. The Kier molecular flexibility index (Phi) is 4.09. The summed E-state index contributed by atoms with van der Waals surface area (Å²) >= 11 is 0. The number of carbonyl (C=O) groups is 1. The Hall–Kier alpha value is -2.69. The molecule has 0 atom stereocenters. The molecule has 5 heteroatoms. The van der Waals surface area contributed by atoms with E-state index in [0.717, 1.165) is 0 Å². The zero-order valence-electron chi connectivity index (χ0n) is 13.5. The van der Waals surface area contributed by atoms with Crippen molar-refractivity contribution in [2.45, 2.75) is 19.3 Å². The standard InChI is InChI=1S/C19H18F2N2O/c1-19(2,14-5-3-4-6-15(14)21)11-22-18(24)17-10-12-9-13(20)7-8-16(12)23-17/h3-10,23H,11H2,1-2H3,(H,22,24). The molecule has 1 aromatic heterocycles. The van der Waals surface area contributed by atoms with Gasteiger partial charge in [0.15, 0.2) is 0 Å². The largest absolute Gasteiger partial charge is 0.351 e. The number of carbonyl (C=O) groups excluding carboxylic acids is 1. The Balaban J connectivity index is 1.75. The number of amides is 1. The van der Waals surface area contributed by atoms with Gasteiger partial charge in [-0.3, -0.25) is 4.79 Å². The van der Waals surface area contributed by atoms with Crippen LogP contribution < -0.4 is 5.32 Å². The fraction of sp³-hybridized carbons (Fsp3) is 0.211. The van der Waals surface area contributed by atoms with Gasteiger partial charge in [-0.25, -0.2) is 8.78 Å². The van der Waals surface area contributed by atoms with Crippen molar-refractivity contribution in [2.24, 2.45) is 0 Å². The molecule has 2 N–H and O–H groups in total. The lowest BCUT2D eigenvalue weighted by molar-refractivity contribution is 0.0941. The summed E-state index contributed by atoms with van der Waals surface area (Å²) in [7, 11) is 0. The highest BCUT2D eigenvalue weighted by atomic mass is 19.1. The average Bonchev–Trinajstić information content (AvgIpc) is 2.96. The molecule has 2 aromatic carbocycles. The number of rotatable bonds is 4. The van der Waals surface area contributed by atoms with Gasteiger partial charge >= 0.3 is 0 Å². The smallest absolute Gasteiger partial charge is 0.267 e. The van der Waals surface area contributed by atoms with Gasteiger partial charge in [0.2, 0.25) is 0 Å². The van der Waals surface area contributed by atoms with Gasteiger partial charge in [-0.2, -0.15) is 0 Å². The molecule has 3 rings (SSSR count). The van der Waals surface area contributed by atoms with Crippen LogP contribution in [0.2, 0.25) is 0 Å². The zero-order chi connectivity index (χ0) is 17.3. The molecule has 0 aliphatic carbocycles. The molecule has 0 unspecified atom stereocenters. The molecule has 0 bridgehead atoms.